The molecular weight excluding hydrogens is 680 g/mol. The number of aromatic hydroxyl groups is 3. The van der Waals surface area contributed by atoms with Crippen molar-refractivity contribution < 1.29 is 102 Å². The third-order valence-electron chi connectivity index (χ3n) is 3.91. The molecule has 1 radical (unpaired) electrons. The zero-order valence-corrected chi connectivity index (χ0v) is 25.7. The molecule has 0 aromatic heterocycles. The summed E-state index contributed by atoms with van der Waals surface area (Å²) in [6.45, 7) is 0. The van der Waals surface area contributed by atoms with E-state index in [0.29, 0.717) is 16.7 Å². The first kappa shape index (κ1) is 44.9. The summed E-state index contributed by atoms with van der Waals surface area (Å²) < 4.78 is 0. The fraction of sp³-hybridized carbons (Fsp3) is 0.0690. The van der Waals surface area contributed by atoms with Crippen LogP contribution in [-0.4, -0.2) is 63.1 Å². The average molecular weight is 712 g/mol. The number of benzene rings is 3. The van der Waals surface area contributed by atoms with E-state index in [1.54, 1.807) is 36.4 Å². The molecule has 3 aromatic rings. The van der Waals surface area contributed by atoms with Crippen LogP contribution in [0.25, 0.3) is 18.2 Å². The van der Waals surface area contributed by atoms with Gasteiger partial charge in [-0.25, -0.2) is 0 Å². The second kappa shape index (κ2) is 28.5. The Morgan fingerprint density at radius 1 is 0.476 bits per heavy atom. The topological polar surface area (TPSA) is 253 Å². The van der Waals surface area contributed by atoms with Crippen molar-refractivity contribution in [2.45, 2.75) is 0 Å². The average Bonchev–Trinajstić information content (AvgIpc) is 2.95. The van der Waals surface area contributed by atoms with Gasteiger partial charge < -0.3 is 60.7 Å². The molecule has 0 aliphatic carbocycles. The van der Waals surface area contributed by atoms with E-state index in [1.807, 2.05) is 0 Å². The minimum atomic E-state index is -1.23. The van der Waals surface area contributed by atoms with Gasteiger partial charge in [-0.3, -0.25) is 0 Å². The molecule has 0 amide bonds. The Balaban J connectivity index is -0.000000237. The van der Waals surface area contributed by atoms with Gasteiger partial charge in [0.2, 0.25) is 0 Å². The molecule has 0 saturated heterocycles. The van der Waals surface area contributed by atoms with Crippen LogP contribution in [0.4, 0.5) is 0 Å². The molecule has 0 atom stereocenters. The van der Waals surface area contributed by atoms with Crippen molar-refractivity contribution in [3.05, 3.63) is 108 Å². The Morgan fingerprint density at radius 3 is 0.786 bits per heavy atom. The molecule has 13 heteroatoms. The standard InChI is InChI=1S/3C9H8O3.2CH4O.Ce.H2O/c3*10-8-4-1-7(2-5-8)3-6-9(11)12;2*1-2;;/h3*1-6,10H,(H,11,12);2*2H,1H3;;1H2/q;;;;;+3;/p-3. The largest absolute Gasteiger partial charge is 3.00 e. The molecule has 7 N–H and O–H groups in total. The Hall–Kier alpha value is -4.05. The Morgan fingerprint density at radius 2 is 0.643 bits per heavy atom. The van der Waals surface area contributed by atoms with Gasteiger partial charge in [0.15, 0.2) is 0 Å². The number of carbonyl (C=O) groups is 3. The Kier molecular flexibility index (Phi) is 30.5. The van der Waals surface area contributed by atoms with E-state index >= 15 is 0 Å². The number of carboxylic acid groups (broad SMARTS) is 3. The van der Waals surface area contributed by atoms with Gasteiger partial charge in [0.05, 0.1) is 17.9 Å². The monoisotopic (exact) mass is 711 g/mol. The molecule has 3 rings (SSSR count). The van der Waals surface area contributed by atoms with Gasteiger partial charge in [-0.05, 0) is 71.3 Å². The fourth-order valence-corrected chi connectivity index (χ4v) is 2.25. The van der Waals surface area contributed by atoms with Gasteiger partial charge in [-0.2, -0.15) is 0 Å². The molecule has 223 valence electrons. The Bertz CT molecular complexity index is 1060. The number of phenolic OH excluding ortho intramolecular Hbond substituents is 3. The van der Waals surface area contributed by atoms with Crippen LogP contribution in [0.15, 0.2) is 91.0 Å². The predicted octanol–water partition coefficient (Wildman–Crippen LogP) is -1.14. The van der Waals surface area contributed by atoms with Gasteiger partial charge in [0.1, 0.15) is 17.2 Å². The minimum Gasteiger partial charge on any atom is -0.545 e. The van der Waals surface area contributed by atoms with E-state index in [2.05, 4.69) is 0 Å². The quantitative estimate of drug-likeness (QED) is 0.191. The number of phenols is 3. The second-order valence-electron chi connectivity index (χ2n) is 6.73. The zero-order chi connectivity index (χ0) is 30.9. The number of aliphatic carboxylic acids is 3. The van der Waals surface area contributed by atoms with Crippen LogP contribution in [-0.2, 0) is 14.4 Å². The minimum absolute atomic E-state index is 0. The van der Waals surface area contributed by atoms with Gasteiger partial charge in [0.25, 0.3) is 0 Å². The van der Waals surface area contributed by atoms with Crippen LogP contribution in [0.2, 0.25) is 0 Å². The van der Waals surface area contributed by atoms with Crippen LogP contribution in [0.3, 0.4) is 0 Å². The van der Waals surface area contributed by atoms with Crippen molar-refractivity contribution in [2.75, 3.05) is 14.2 Å². The van der Waals surface area contributed by atoms with E-state index in [0.717, 1.165) is 32.4 Å². The number of hydrogen-bond acceptors (Lipinski definition) is 11. The van der Waals surface area contributed by atoms with E-state index in [4.69, 9.17) is 25.5 Å². The SMILES string of the molecule is CO.CO.O.O=C([O-])C=Cc1ccc(O)cc1.O=C([O-])C=Cc1ccc(O)cc1.O=C([O-])C=Cc1ccc(O)cc1.[Ce+3]. The molecule has 0 heterocycles. The van der Waals surface area contributed by atoms with Gasteiger partial charge >= 0.3 is 41.7 Å². The van der Waals surface area contributed by atoms with Crippen molar-refractivity contribution >= 4 is 36.1 Å². The van der Waals surface area contributed by atoms with Crippen molar-refractivity contribution in [2.24, 2.45) is 0 Å². The van der Waals surface area contributed by atoms with Crippen molar-refractivity contribution in [3.8, 4) is 17.2 Å². The summed E-state index contributed by atoms with van der Waals surface area (Å²) in [5.74, 6) is -3.24. The van der Waals surface area contributed by atoms with Crippen LogP contribution in [0, 0.1) is 41.7 Å². The number of carbonyl (C=O) groups excluding carboxylic acids is 3. The molecule has 0 fully saturated rings. The van der Waals surface area contributed by atoms with Crippen molar-refractivity contribution in [3.63, 3.8) is 0 Å². The first-order valence-corrected chi connectivity index (χ1v) is 11.0. The first-order chi connectivity index (χ1) is 19.0. The maximum Gasteiger partial charge on any atom is 3.00 e. The molecule has 0 spiro atoms. The summed E-state index contributed by atoms with van der Waals surface area (Å²) in [6.07, 6.45) is 7.00. The van der Waals surface area contributed by atoms with Gasteiger partial charge in [0, 0.05) is 14.2 Å². The van der Waals surface area contributed by atoms with Gasteiger partial charge in [-0.1, -0.05) is 54.6 Å². The third-order valence-corrected chi connectivity index (χ3v) is 3.91. The predicted molar refractivity (Wildman–Crippen MR) is 146 cm³/mol. The molecule has 0 saturated carbocycles. The first-order valence-electron chi connectivity index (χ1n) is 11.0. The van der Waals surface area contributed by atoms with E-state index in [-0.39, 0.29) is 64.5 Å². The molecule has 3 aromatic carbocycles. The van der Waals surface area contributed by atoms with E-state index < -0.39 is 17.9 Å². The zero-order valence-electron chi connectivity index (χ0n) is 22.6. The molecule has 0 aliphatic heterocycles. The number of aliphatic hydroxyl groups is 2. The summed E-state index contributed by atoms with van der Waals surface area (Å²) >= 11 is 0. The maximum atomic E-state index is 9.99. The molecule has 0 bridgehead atoms. The van der Waals surface area contributed by atoms with Crippen LogP contribution in [0.5, 0.6) is 17.2 Å². The molecule has 0 aliphatic rings. The second-order valence-corrected chi connectivity index (χ2v) is 6.73. The molecule has 0 unspecified atom stereocenters. The number of aliphatic hydroxyl groups excluding tert-OH is 2. The smallest absolute Gasteiger partial charge is 0.545 e. The van der Waals surface area contributed by atoms with Gasteiger partial charge in [-0.15, -0.1) is 0 Å². The summed E-state index contributed by atoms with van der Waals surface area (Å²) in [7, 11) is 2.00. The molecular formula is C29H31CeO12. The van der Waals surface area contributed by atoms with E-state index in [9.17, 15) is 29.7 Å². The molecule has 42 heavy (non-hydrogen) atoms. The maximum absolute atomic E-state index is 9.99. The van der Waals surface area contributed by atoms with E-state index in [1.165, 1.54) is 54.6 Å². The normalized spacial score (nSPS) is 9.14. The van der Waals surface area contributed by atoms with Crippen LogP contribution >= 0.6 is 0 Å². The summed E-state index contributed by atoms with van der Waals surface area (Å²) in [4.78, 5) is 30.0. The Labute approximate surface area is 276 Å². The summed E-state index contributed by atoms with van der Waals surface area (Å²) in [6, 6.07) is 18.5. The third kappa shape index (κ3) is 26.2. The van der Waals surface area contributed by atoms with Crippen molar-refractivity contribution in [1.82, 2.24) is 0 Å². The number of carboxylic acids is 3. The molecule has 12 nitrogen and oxygen atoms in total. The summed E-state index contributed by atoms with van der Waals surface area (Å²) in [5.41, 5.74) is 2.12. The van der Waals surface area contributed by atoms with Crippen LogP contribution in [0.1, 0.15) is 16.7 Å². The fourth-order valence-electron chi connectivity index (χ4n) is 2.25. The van der Waals surface area contributed by atoms with Crippen molar-refractivity contribution in [1.29, 1.82) is 0 Å². The summed E-state index contributed by atoms with van der Waals surface area (Å²) in [5, 5.41) is 70.6. The number of hydrogen-bond donors (Lipinski definition) is 5. The number of rotatable bonds is 6. The van der Waals surface area contributed by atoms with Crippen LogP contribution < -0.4 is 15.3 Å².